The van der Waals surface area contributed by atoms with Crippen LogP contribution in [0, 0.1) is 10.1 Å². The molecule has 2 heterocycles. The number of nitro benzene ring substituents is 1. The highest BCUT2D eigenvalue weighted by molar-refractivity contribution is 7.13. The van der Waals surface area contributed by atoms with Crippen molar-refractivity contribution in [1.29, 1.82) is 0 Å². The topological polar surface area (TPSA) is 116 Å². The number of nitrogens with zero attached hydrogens (tertiary/aromatic N) is 2. The van der Waals surface area contributed by atoms with Gasteiger partial charge >= 0.3 is 11.3 Å². The molecule has 1 N–H and O–H groups in total. The largest absolute Gasteiger partial charge is 0.502 e. The van der Waals surface area contributed by atoms with E-state index < -0.39 is 22.0 Å². The SMILES string of the molecule is CCOc1ccc(-c2nc(-c3cc4cc([N+](=O)[O-])c(O)cc4oc3=O)cs2)cc1. The van der Waals surface area contributed by atoms with Crippen LogP contribution in [0.25, 0.3) is 32.8 Å². The highest BCUT2D eigenvalue weighted by atomic mass is 32.1. The predicted molar refractivity (Wildman–Crippen MR) is 109 cm³/mol. The van der Waals surface area contributed by atoms with Crippen LogP contribution in [-0.4, -0.2) is 21.6 Å². The Kier molecular flexibility index (Phi) is 4.73. The van der Waals surface area contributed by atoms with Gasteiger partial charge in [0.2, 0.25) is 0 Å². The molecular weight excluding hydrogens is 396 g/mol. The summed E-state index contributed by atoms with van der Waals surface area (Å²) >= 11 is 1.36. The van der Waals surface area contributed by atoms with E-state index in [9.17, 15) is 20.0 Å². The summed E-state index contributed by atoms with van der Waals surface area (Å²) in [6, 6.07) is 11.1. The van der Waals surface area contributed by atoms with Crippen LogP contribution in [-0.2, 0) is 0 Å². The van der Waals surface area contributed by atoms with Gasteiger partial charge in [0.05, 0.1) is 22.8 Å². The smallest absolute Gasteiger partial charge is 0.345 e. The lowest BCUT2D eigenvalue weighted by Gasteiger charge is -2.03. The Hall–Kier alpha value is -3.72. The minimum Gasteiger partial charge on any atom is -0.502 e. The predicted octanol–water partition coefficient (Wildman–Crippen LogP) is 4.60. The molecule has 0 radical (unpaired) electrons. The zero-order chi connectivity index (χ0) is 20.5. The Balaban J connectivity index is 1.75. The molecule has 8 nitrogen and oxygen atoms in total. The standard InChI is InChI=1S/C20H14N2O6S/c1-2-27-13-5-3-11(4-6-13)19-21-15(10-29-19)14-7-12-8-16(22(25)26)17(23)9-18(12)28-20(14)24/h3-10,23H,2H2,1H3. The number of fused-ring (bicyclic) bond motifs is 1. The van der Waals surface area contributed by atoms with E-state index >= 15 is 0 Å². The number of nitro groups is 1. The average molecular weight is 410 g/mol. The van der Waals surface area contributed by atoms with Crippen molar-refractivity contribution in [3.8, 4) is 33.3 Å². The third kappa shape index (κ3) is 3.55. The lowest BCUT2D eigenvalue weighted by molar-refractivity contribution is -0.385. The maximum absolute atomic E-state index is 12.4. The molecule has 0 spiro atoms. The van der Waals surface area contributed by atoms with Gasteiger partial charge in [0, 0.05) is 28.5 Å². The van der Waals surface area contributed by atoms with E-state index in [1.807, 2.05) is 31.2 Å². The van der Waals surface area contributed by atoms with Crippen molar-refractivity contribution in [2.45, 2.75) is 6.92 Å². The minimum absolute atomic E-state index is 0.0591. The fourth-order valence-electron chi connectivity index (χ4n) is 2.86. The lowest BCUT2D eigenvalue weighted by atomic mass is 10.1. The Bertz CT molecular complexity index is 1280. The first-order valence-corrected chi connectivity index (χ1v) is 9.48. The monoisotopic (exact) mass is 410 g/mol. The van der Waals surface area contributed by atoms with Gasteiger partial charge in [-0.15, -0.1) is 11.3 Å². The fourth-order valence-corrected chi connectivity index (χ4v) is 3.69. The molecule has 0 bridgehead atoms. The van der Waals surface area contributed by atoms with Crippen molar-refractivity contribution >= 4 is 28.0 Å². The summed E-state index contributed by atoms with van der Waals surface area (Å²) in [5.74, 6) is 0.192. The van der Waals surface area contributed by atoms with Crippen LogP contribution in [0.2, 0.25) is 0 Å². The molecule has 0 unspecified atom stereocenters. The summed E-state index contributed by atoms with van der Waals surface area (Å²) in [6.07, 6.45) is 0. The number of aromatic nitrogens is 1. The van der Waals surface area contributed by atoms with Gasteiger partial charge in [-0.1, -0.05) is 0 Å². The molecule has 0 fully saturated rings. The summed E-state index contributed by atoms with van der Waals surface area (Å²) in [7, 11) is 0. The quantitative estimate of drug-likeness (QED) is 0.290. The van der Waals surface area contributed by atoms with Crippen LogP contribution in [0.15, 0.2) is 57.1 Å². The molecule has 0 saturated carbocycles. The number of ether oxygens (including phenoxy) is 1. The van der Waals surface area contributed by atoms with E-state index in [-0.39, 0.29) is 11.1 Å². The third-order valence-corrected chi connectivity index (χ3v) is 5.11. The van der Waals surface area contributed by atoms with Crippen LogP contribution in [0.4, 0.5) is 5.69 Å². The first-order valence-electron chi connectivity index (χ1n) is 8.60. The molecule has 2 aromatic carbocycles. The van der Waals surface area contributed by atoms with Gasteiger partial charge in [0.1, 0.15) is 16.3 Å². The second kappa shape index (κ2) is 7.36. The van der Waals surface area contributed by atoms with Gasteiger partial charge in [-0.25, -0.2) is 9.78 Å². The molecular formula is C20H14N2O6S. The first-order chi connectivity index (χ1) is 14.0. The van der Waals surface area contributed by atoms with E-state index in [0.717, 1.165) is 23.4 Å². The Morgan fingerprint density at radius 3 is 2.69 bits per heavy atom. The minimum atomic E-state index is -0.702. The van der Waals surface area contributed by atoms with E-state index in [1.54, 1.807) is 5.38 Å². The van der Waals surface area contributed by atoms with Crippen molar-refractivity contribution in [3.05, 3.63) is 68.4 Å². The van der Waals surface area contributed by atoms with Gasteiger partial charge in [-0.05, 0) is 37.3 Å². The fraction of sp³-hybridized carbons (Fsp3) is 0.100. The van der Waals surface area contributed by atoms with Crippen LogP contribution in [0.5, 0.6) is 11.5 Å². The number of benzene rings is 2. The van der Waals surface area contributed by atoms with Crippen LogP contribution >= 0.6 is 11.3 Å². The first kappa shape index (κ1) is 18.6. The van der Waals surface area contributed by atoms with Crippen molar-refractivity contribution in [2.24, 2.45) is 0 Å². The van der Waals surface area contributed by atoms with Gasteiger partial charge in [-0.2, -0.15) is 0 Å². The van der Waals surface area contributed by atoms with Crippen LogP contribution in [0.1, 0.15) is 6.92 Å². The molecule has 0 aliphatic heterocycles. The number of rotatable bonds is 5. The Morgan fingerprint density at radius 1 is 1.24 bits per heavy atom. The van der Waals surface area contributed by atoms with Crippen molar-refractivity contribution in [1.82, 2.24) is 4.98 Å². The lowest BCUT2D eigenvalue weighted by Crippen LogP contribution is -2.03. The van der Waals surface area contributed by atoms with Crippen LogP contribution in [0.3, 0.4) is 0 Å². The molecule has 0 atom stereocenters. The van der Waals surface area contributed by atoms with E-state index in [1.165, 1.54) is 17.4 Å². The molecule has 4 rings (SSSR count). The van der Waals surface area contributed by atoms with E-state index in [4.69, 9.17) is 9.15 Å². The van der Waals surface area contributed by atoms with Gasteiger partial charge in [-0.3, -0.25) is 10.1 Å². The maximum Gasteiger partial charge on any atom is 0.345 e. The summed E-state index contributed by atoms with van der Waals surface area (Å²) < 4.78 is 10.7. The normalized spacial score (nSPS) is 10.9. The number of phenols is 1. The summed E-state index contributed by atoms with van der Waals surface area (Å²) in [4.78, 5) is 27.2. The maximum atomic E-state index is 12.4. The third-order valence-electron chi connectivity index (χ3n) is 4.22. The van der Waals surface area contributed by atoms with Gasteiger partial charge < -0.3 is 14.3 Å². The second-order valence-electron chi connectivity index (χ2n) is 6.08. The van der Waals surface area contributed by atoms with Crippen molar-refractivity contribution < 1.29 is 19.2 Å². The molecule has 146 valence electrons. The number of phenolic OH excluding ortho intramolecular Hbond substituents is 1. The summed E-state index contributed by atoms with van der Waals surface area (Å²) in [6.45, 7) is 2.49. The van der Waals surface area contributed by atoms with Crippen LogP contribution < -0.4 is 10.4 Å². The van der Waals surface area contributed by atoms with E-state index in [2.05, 4.69) is 4.98 Å². The number of hydrogen-bond donors (Lipinski definition) is 1. The van der Waals surface area contributed by atoms with E-state index in [0.29, 0.717) is 22.7 Å². The Labute approximate surface area is 167 Å². The molecule has 9 heteroatoms. The Morgan fingerprint density at radius 2 is 2.00 bits per heavy atom. The average Bonchev–Trinajstić information content (AvgIpc) is 3.17. The molecule has 0 amide bonds. The second-order valence-corrected chi connectivity index (χ2v) is 6.94. The zero-order valence-corrected chi connectivity index (χ0v) is 15.9. The zero-order valence-electron chi connectivity index (χ0n) is 15.1. The highest BCUT2D eigenvalue weighted by Gasteiger charge is 2.18. The number of thiazole rings is 1. The molecule has 0 aliphatic carbocycles. The molecule has 4 aromatic rings. The number of aromatic hydroxyl groups is 1. The molecule has 0 saturated heterocycles. The molecule has 2 aromatic heterocycles. The molecule has 0 aliphatic rings. The molecule has 29 heavy (non-hydrogen) atoms. The summed E-state index contributed by atoms with van der Waals surface area (Å²) in [5.41, 5.74) is 0.412. The van der Waals surface area contributed by atoms with Gasteiger partial charge in [0.25, 0.3) is 0 Å². The van der Waals surface area contributed by atoms with Gasteiger partial charge in [0.15, 0.2) is 5.75 Å². The van der Waals surface area contributed by atoms with Crippen molar-refractivity contribution in [3.63, 3.8) is 0 Å². The summed E-state index contributed by atoms with van der Waals surface area (Å²) in [5, 5.41) is 23.5. The highest BCUT2D eigenvalue weighted by Crippen LogP contribution is 2.33. The number of hydrogen-bond acceptors (Lipinski definition) is 8. The van der Waals surface area contributed by atoms with Crippen molar-refractivity contribution in [2.75, 3.05) is 6.61 Å².